The zero-order chi connectivity index (χ0) is 20.4. The van der Waals surface area contributed by atoms with Gasteiger partial charge in [0.05, 0.1) is 31.5 Å². The highest BCUT2D eigenvalue weighted by Gasteiger charge is 2.35. The van der Waals surface area contributed by atoms with Gasteiger partial charge in [0.2, 0.25) is 0 Å². The first-order chi connectivity index (χ1) is 14.0. The van der Waals surface area contributed by atoms with E-state index in [4.69, 9.17) is 4.74 Å². The van der Waals surface area contributed by atoms with Crippen molar-refractivity contribution in [3.63, 3.8) is 0 Å². The Kier molecular flexibility index (Phi) is 5.74. The van der Waals surface area contributed by atoms with Crippen LogP contribution >= 0.6 is 0 Å². The van der Waals surface area contributed by atoms with Gasteiger partial charge in [0.25, 0.3) is 5.91 Å². The summed E-state index contributed by atoms with van der Waals surface area (Å²) in [4.78, 5) is 15.3. The van der Waals surface area contributed by atoms with Crippen molar-refractivity contribution in [2.75, 3.05) is 32.8 Å². The quantitative estimate of drug-likeness (QED) is 0.797. The van der Waals surface area contributed by atoms with Gasteiger partial charge < -0.3 is 4.74 Å². The molecule has 0 radical (unpaired) electrons. The predicted octanol–water partition coefficient (Wildman–Crippen LogP) is 3.45. The Morgan fingerprint density at radius 3 is 2.66 bits per heavy atom. The molecule has 0 spiro atoms. The first-order valence-corrected chi connectivity index (χ1v) is 10.0. The second-order valence-electron chi connectivity index (χ2n) is 7.73. The van der Waals surface area contributed by atoms with Crippen LogP contribution in [-0.4, -0.2) is 54.4 Å². The van der Waals surface area contributed by atoms with E-state index in [1.807, 2.05) is 19.9 Å². The number of aryl methyl sites for hydroxylation is 2. The van der Waals surface area contributed by atoms with Gasteiger partial charge in [-0.15, -0.1) is 0 Å². The lowest BCUT2D eigenvalue weighted by Crippen LogP contribution is -2.43. The van der Waals surface area contributed by atoms with Crippen LogP contribution in [-0.2, 0) is 9.53 Å². The zero-order valence-corrected chi connectivity index (χ0v) is 16.9. The summed E-state index contributed by atoms with van der Waals surface area (Å²) in [6.07, 6.45) is 0.500. The van der Waals surface area contributed by atoms with E-state index in [-0.39, 0.29) is 17.8 Å². The molecule has 2 aliphatic rings. The molecule has 2 aliphatic heterocycles. The fourth-order valence-electron chi connectivity index (χ4n) is 4.06. The minimum Gasteiger partial charge on any atom is -0.379 e. The largest absolute Gasteiger partial charge is 0.379 e. The lowest BCUT2D eigenvalue weighted by molar-refractivity contribution is -0.135. The van der Waals surface area contributed by atoms with E-state index in [0.717, 1.165) is 24.2 Å². The van der Waals surface area contributed by atoms with Gasteiger partial charge in [-0.1, -0.05) is 42.0 Å². The van der Waals surface area contributed by atoms with E-state index in [1.54, 1.807) is 23.2 Å². The summed E-state index contributed by atoms with van der Waals surface area (Å²) >= 11 is 0. The smallest absolute Gasteiger partial charge is 0.257 e. The number of morpholine rings is 1. The number of carbonyl (C=O) groups excluding carboxylic acids is 1. The highest BCUT2D eigenvalue weighted by molar-refractivity contribution is 6.03. The van der Waals surface area contributed by atoms with Crippen LogP contribution in [0.1, 0.15) is 34.7 Å². The molecule has 0 N–H and O–H groups in total. The van der Waals surface area contributed by atoms with E-state index >= 15 is 0 Å². The van der Waals surface area contributed by atoms with Gasteiger partial charge in [-0.25, -0.2) is 9.40 Å². The molecule has 1 amide bonds. The molecule has 1 fully saturated rings. The van der Waals surface area contributed by atoms with Crippen molar-refractivity contribution >= 4 is 11.6 Å². The average molecular weight is 395 g/mol. The molecule has 1 saturated heterocycles. The molecule has 2 heterocycles. The molecule has 0 aromatic heterocycles. The van der Waals surface area contributed by atoms with Gasteiger partial charge in [-0.05, 0) is 31.0 Å². The maximum atomic E-state index is 14.4. The Balaban J connectivity index is 1.65. The summed E-state index contributed by atoms with van der Waals surface area (Å²) in [5.74, 6) is -0.378. The first kappa shape index (κ1) is 19.7. The van der Waals surface area contributed by atoms with Crippen molar-refractivity contribution in [3.8, 4) is 0 Å². The highest BCUT2D eigenvalue weighted by atomic mass is 19.1. The van der Waals surface area contributed by atoms with Crippen LogP contribution in [0.5, 0.6) is 0 Å². The molecule has 1 unspecified atom stereocenters. The van der Waals surface area contributed by atoms with Crippen LogP contribution < -0.4 is 0 Å². The number of halogens is 1. The molecule has 0 saturated carbocycles. The molecular formula is C23H26FN3O2. The van der Waals surface area contributed by atoms with Gasteiger partial charge in [0, 0.05) is 25.1 Å². The topological polar surface area (TPSA) is 45.1 Å². The number of nitrogens with zero attached hydrogens (tertiary/aromatic N) is 3. The van der Waals surface area contributed by atoms with Crippen LogP contribution in [0.25, 0.3) is 0 Å². The van der Waals surface area contributed by atoms with Crippen LogP contribution in [0.3, 0.4) is 0 Å². The molecule has 29 heavy (non-hydrogen) atoms. The Labute approximate surface area is 170 Å². The number of carbonyl (C=O) groups is 1. The Bertz CT molecular complexity index is 937. The standard InChI is InChI=1S/C23H26FN3O2/c1-16-7-8-18(17(2)13-16)22-14-21(19-5-3-4-6-20(19)24)25-27(22)23(28)15-26-9-11-29-12-10-26/h3-8,13,22H,9-12,14-15H2,1-2H3. The number of hydrogen-bond donors (Lipinski definition) is 0. The summed E-state index contributed by atoms with van der Waals surface area (Å²) in [6.45, 7) is 7.13. The van der Waals surface area contributed by atoms with E-state index in [2.05, 4.69) is 22.1 Å². The number of ether oxygens (including phenoxy) is 1. The van der Waals surface area contributed by atoms with E-state index in [9.17, 15) is 9.18 Å². The maximum Gasteiger partial charge on any atom is 0.257 e. The van der Waals surface area contributed by atoms with Crippen molar-refractivity contribution in [1.29, 1.82) is 0 Å². The molecule has 5 nitrogen and oxygen atoms in total. The summed E-state index contributed by atoms with van der Waals surface area (Å²) in [6, 6.07) is 12.6. The number of amides is 1. The van der Waals surface area contributed by atoms with Gasteiger partial charge in [-0.3, -0.25) is 9.69 Å². The summed E-state index contributed by atoms with van der Waals surface area (Å²) < 4.78 is 19.8. The molecular weight excluding hydrogens is 369 g/mol. The number of hydrazone groups is 1. The normalized spacial score (nSPS) is 20.0. The third kappa shape index (κ3) is 4.23. The average Bonchev–Trinajstić information content (AvgIpc) is 3.14. The Hall–Kier alpha value is -2.57. The van der Waals surface area contributed by atoms with Gasteiger partial charge in [0.1, 0.15) is 5.82 Å². The van der Waals surface area contributed by atoms with Crippen molar-refractivity contribution in [3.05, 3.63) is 70.5 Å². The second-order valence-corrected chi connectivity index (χ2v) is 7.73. The zero-order valence-electron chi connectivity index (χ0n) is 16.9. The number of benzene rings is 2. The van der Waals surface area contributed by atoms with Crippen LogP contribution in [0, 0.1) is 19.7 Å². The van der Waals surface area contributed by atoms with Crippen molar-refractivity contribution in [2.24, 2.45) is 5.10 Å². The van der Waals surface area contributed by atoms with Gasteiger partial charge in [-0.2, -0.15) is 5.10 Å². The molecule has 0 aliphatic carbocycles. The minimum absolute atomic E-state index is 0.0665. The van der Waals surface area contributed by atoms with Crippen molar-refractivity contribution in [1.82, 2.24) is 9.91 Å². The molecule has 152 valence electrons. The Morgan fingerprint density at radius 1 is 1.17 bits per heavy atom. The van der Waals surface area contributed by atoms with Gasteiger partial charge >= 0.3 is 0 Å². The summed E-state index contributed by atoms with van der Waals surface area (Å²) in [5, 5.41) is 6.17. The SMILES string of the molecule is Cc1ccc(C2CC(c3ccccc3F)=NN2C(=O)CN2CCOCC2)c(C)c1. The minimum atomic E-state index is -0.312. The molecule has 4 rings (SSSR count). The first-order valence-electron chi connectivity index (χ1n) is 10.0. The van der Waals surface area contributed by atoms with E-state index in [1.165, 1.54) is 11.6 Å². The summed E-state index contributed by atoms with van der Waals surface area (Å²) in [5.41, 5.74) is 4.42. The third-order valence-electron chi connectivity index (χ3n) is 5.60. The molecule has 6 heteroatoms. The lowest BCUT2D eigenvalue weighted by Gasteiger charge is -2.29. The second kappa shape index (κ2) is 8.43. The maximum absolute atomic E-state index is 14.4. The predicted molar refractivity (Wildman–Crippen MR) is 110 cm³/mol. The monoisotopic (exact) mass is 395 g/mol. The summed E-state index contributed by atoms with van der Waals surface area (Å²) in [7, 11) is 0. The van der Waals surface area contributed by atoms with Crippen LogP contribution in [0.15, 0.2) is 47.6 Å². The van der Waals surface area contributed by atoms with Crippen LogP contribution in [0.2, 0.25) is 0 Å². The van der Waals surface area contributed by atoms with Gasteiger partial charge in [0.15, 0.2) is 0 Å². The van der Waals surface area contributed by atoms with E-state index in [0.29, 0.717) is 37.5 Å². The highest BCUT2D eigenvalue weighted by Crippen LogP contribution is 2.35. The molecule has 0 bridgehead atoms. The third-order valence-corrected chi connectivity index (χ3v) is 5.60. The fourth-order valence-corrected chi connectivity index (χ4v) is 4.06. The Morgan fingerprint density at radius 2 is 1.93 bits per heavy atom. The van der Waals surface area contributed by atoms with Crippen LogP contribution in [0.4, 0.5) is 4.39 Å². The van der Waals surface area contributed by atoms with Crippen molar-refractivity contribution < 1.29 is 13.9 Å². The van der Waals surface area contributed by atoms with E-state index < -0.39 is 0 Å². The number of rotatable bonds is 4. The lowest BCUT2D eigenvalue weighted by atomic mass is 9.94. The number of hydrogen-bond acceptors (Lipinski definition) is 4. The molecule has 2 aromatic rings. The molecule has 1 atom stereocenters. The van der Waals surface area contributed by atoms with Crippen molar-refractivity contribution in [2.45, 2.75) is 26.3 Å². The molecule has 2 aromatic carbocycles. The fraction of sp³-hybridized carbons (Fsp3) is 0.391.